The van der Waals surface area contributed by atoms with Crippen molar-refractivity contribution >= 4 is 11.9 Å². The molecule has 0 aromatic heterocycles. The van der Waals surface area contributed by atoms with Gasteiger partial charge in [0.2, 0.25) is 5.91 Å². The normalized spacial score (nSPS) is 17.6. The van der Waals surface area contributed by atoms with E-state index in [-0.39, 0.29) is 12.5 Å². The maximum absolute atomic E-state index is 12.0. The molecule has 0 aromatic rings. The molecule has 16 heavy (non-hydrogen) atoms. The molecule has 0 N–H and O–H groups in total. The minimum Gasteiger partial charge on any atom is -0.468 e. The highest BCUT2D eigenvalue weighted by atomic mass is 16.5. The number of likely N-dealkylation sites (N-methyl/N-ethyl adjacent to an activating group) is 1. The van der Waals surface area contributed by atoms with E-state index in [0.717, 1.165) is 12.8 Å². The summed E-state index contributed by atoms with van der Waals surface area (Å²) in [6, 6.07) is 2.11. The van der Waals surface area contributed by atoms with Crippen LogP contribution in [0.5, 0.6) is 0 Å². The SMILES string of the molecule is COC(=O)CN(C)C(=O)C1(C#N)CCCC1. The van der Waals surface area contributed by atoms with E-state index in [9.17, 15) is 9.59 Å². The quantitative estimate of drug-likeness (QED) is 0.662. The lowest BCUT2D eigenvalue weighted by Gasteiger charge is -2.25. The van der Waals surface area contributed by atoms with Crippen LogP contribution in [0.25, 0.3) is 0 Å². The molecule has 0 atom stereocenters. The van der Waals surface area contributed by atoms with E-state index in [2.05, 4.69) is 10.8 Å². The van der Waals surface area contributed by atoms with Crippen molar-refractivity contribution in [3.8, 4) is 6.07 Å². The molecule has 1 aliphatic carbocycles. The zero-order chi connectivity index (χ0) is 12.2. The second-order valence-corrected chi connectivity index (χ2v) is 4.14. The number of hydrogen-bond donors (Lipinski definition) is 0. The fraction of sp³-hybridized carbons (Fsp3) is 0.727. The van der Waals surface area contributed by atoms with Crippen LogP contribution in [-0.2, 0) is 14.3 Å². The molecular formula is C11H16N2O3. The summed E-state index contributed by atoms with van der Waals surface area (Å²) in [5.41, 5.74) is -0.914. The minimum absolute atomic E-state index is 0.0984. The van der Waals surface area contributed by atoms with E-state index >= 15 is 0 Å². The van der Waals surface area contributed by atoms with Crippen molar-refractivity contribution in [3.05, 3.63) is 0 Å². The van der Waals surface area contributed by atoms with Crippen LogP contribution in [0.4, 0.5) is 0 Å². The number of methoxy groups -OCH3 is 1. The van der Waals surface area contributed by atoms with E-state index in [1.54, 1.807) is 0 Å². The molecule has 1 fully saturated rings. The van der Waals surface area contributed by atoms with Gasteiger partial charge in [0.15, 0.2) is 0 Å². The van der Waals surface area contributed by atoms with Crippen molar-refractivity contribution in [3.63, 3.8) is 0 Å². The van der Waals surface area contributed by atoms with Gasteiger partial charge in [-0.25, -0.2) is 0 Å². The number of hydrogen-bond acceptors (Lipinski definition) is 4. The smallest absolute Gasteiger partial charge is 0.325 e. The topological polar surface area (TPSA) is 70.4 Å². The third kappa shape index (κ3) is 2.32. The molecule has 5 nitrogen and oxygen atoms in total. The summed E-state index contributed by atoms with van der Waals surface area (Å²) in [7, 11) is 2.80. The maximum Gasteiger partial charge on any atom is 0.325 e. The average Bonchev–Trinajstić information content (AvgIpc) is 2.77. The highest BCUT2D eigenvalue weighted by Gasteiger charge is 2.43. The molecular weight excluding hydrogens is 208 g/mol. The standard InChI is InChI=1S/C11H16N2O3/c1-13(7-9(14)16-2)10(15)11(8-12)5-3-4-6-11/h3-7H2,1-2H3. The van der Waals surface area contributed by atoms with Gasteiger partial charge in [-0.3, -0.25) is 9.59 Å². The van der Waals surface area contributed by atoms with Gasteiger partial charge in [-0.05, 0) is 12.8 Å². The van der Waals surface area contributed by atoms with E-state index in [0.29, 0.717) is 12.8 Å². The summed E-state index contributed by atoms with van der Waals surface area (Å²) in [5, 5.41) is 9.11. The average molecular weight is 224 g/mol. The van der Waals surface area contributed by atoms with Crippen LogP contribution >= 0.6 is 0 Å². The van der Waals surface area contributed by atoms with Gasteiger partial charge in [0.1, 0.15) is 12.0 Å². The number of amides is 1. The first kappa shape index (κ1) is 12.5. The van der Waals surface area contributed by atoms with Gasteiger partial charge < -0.3 is 9.64 Å². The first-order valence-corrected chi connectivity index (χ1v) is 5.29. The second-order valence-electron chi connectivity index (χ2n) is 4.14. The number of rotatable bonds is 3. The summed E-state index contributed by atoms with van der Waals surface area (Å²) in [4.78, 5) is 24.4. The predicted octanol–water partition coefficient (Wildman–Crippen LogP) is 0.702. The van der Waals surface area contributed by atoms with Gasteiger partial charge >= 0.3 is 5.97 Å². The molecule has 1 aliphatic rings. The Morgan fingerprint density at radius 1 is 1.44 bits per heavy atom. The van der Waals surface area contributed by atoms with Crippen LogP contribution < -0.4 is 0 Å². The molecule has 1 rings (SSSR count). The Bertz CT molecular complexity index is 327. The predicted molar refractivity (Wildman–Crippen MR) is 56.2 cm³/mol. The minimum atomic E-state index is -0.914. The summed E-state index contributed by atoms with van der Waals surface area (Å²) in [5.74, 6) is -0.736. The summed E-state index contributed by atoms with van der Waals surface area (Å²) in [6.45, 7) is -0.0984. The molecule has 0 aromatic carbocycles. The van der Waals surface area contributed by atoms with Gasteiger partial charge in [-0.2, -0.15) is 5.26 Å². The Hall–Kier alpha value is -1.57. The van der Waals surface area contributed by atoms with Gasteiger partial charge in [0.25, 0.3) is 0 Å². The van der Waals surface area contributed by atoms with Crippen molar-refractivity contribution in [1.82, 2.24) is 4.90 Å². The lowest BCUT2D eigenvalue weighted by molar-refractivity contribution is -0.148. The van der Waals surface area contributed by atoms with E-state index < -0.39 is 11.4 Å². The molecule has 0 saturated heterocycles. The highest BCUT2D eigenvalue weighted by Crippen LogP contribution is 2.38. The number of carbonyl (C=O) groups is 2. The van der Waals surface area contributed by atoms with E-state index in [4.69, 9.17) is 5.26 Å². The largest absolute Gasteiger partial charge is 0.468 e. The van der Waals surface area contributed by atoms with Crippen LogP contribution in [-0.4, -0.2) is 37.5 Å². The second kappa shape index (κ2) is 4.97. The number of nitriles is 1. The van der Waals surface area contributed by atoms with E-state index in [1.165, 1.54) is 19.1 Å². The van der Waals surface area contributed by atoms with Gasteiger partial charge in [0, 0.05) is 7.05 Å². The molecule has 0 aliphatic heterocycles. The van der Waals surface area contributed by atoms with Crippen molar-refractivity contribution < 1.29 is 14.3 Å². The Labute approximate surface area is 95.0 Å². The fourth-order valence-electron chi connectivity index (χ4n) is 2.05. The zero-order valence-electron chi connectivity index (χ0n) is 9.65. The summed E-state index contributed by atoms with van der Waals surface area (Å²) >= 11 is 0. The van der Waals surface area contributed by atoms with Crippen LogP contribution in [0.1, 0.15) is 25.7 Å². The van der Waals surface area contributed by atoms with Crippen LogP contribution in [0, 0.1) is 16.7 Å². The van der Waals surface area contributed by atoms with E-state index in [1.807, 2.05) is 0 Å². The third-order valence-electron chi connectivity index (χ3n) is 3.02. The molecule has 1 amide bonds. The lowest BCUT2D eigenvalue weighted by Crippen LogP contribution is -2.42. The highest BCUT2D eigenvalue weighted by molar-refractivity contribution is 5.88. The first-order chi connectivity index (χ1) is 7.55. The molecule has 88 valence electrons. The van der Waals surface area contributed by atoms with Crippen molar-refractivity contribution in [2.75, 3.05) is 20.7 Å². The zero-order valence-corrected chi connectivity index (χ0v) is 9.65. The van der Waals surface area contributed by atoms with Gasteiger partial charge in [-0.1, -0.05) is 12.8 Å². The molecule has 0 unspecified atom stereocenters. The number of esters is 1. The van der Waals surface area contributed by atoms with Gasteiger partial charge in [-0.15, -0.1) is 0 Å². The molecule has 0 heterocycles. The molecule has 1 saturated carbocycles. The summed E-state index contributed by atoms with van der Waals surface area (Å²) in [6.07, 6.45) is 2.97. The van der Waals surface area contributed by atoms with Crippen LogP contribution in [0.3, 0.4) is 0 Å². The van der Waals surface area contributed by atoms with Crippen LogP contribution in [0.15, 0.2) is 0 Å². The lowest BCUT2D eigenvalue weighted by atomic mass is 9.86. The van der Waals surface area contributed by atoms with Gasteiger partial charge in [0.05, 0.1) is 13.2 Å². The van der Waals surface area contributed by atoms with Crippen molar-refractivity contribution in [1.29, 1.82) is 5.26 Å². The Kier molecular flexibility index (Phi) is 3.88. The number of ether oxygens (including phenoxy) is 1. The first-order valence-electron chi connectivity index (χ1n) is 5.29. The maximum atomic E-state index is 12.0. The Balaban J connectivity index is 2.69. The molecule has 0 bridgehead atoms. The molecule has 5 heteroatoms. The number of carbonyl (C=O) groups excluding carboxylic acids is 2. The Morgan fingerprint density at radius 2 is 2.00 bits per heavy atom. The molecule has 0 radical (unpaired) electrons. The van der Waals surface area contributed by atoms with Crippen molar-refractivity contribution in [2.45, 2.75) is 25.7 Å². The molecule has 0 spiro atoms. The fourth-order valence-corrected chi connectivity index (χ4v) is 2.05. The van der Waals surface area contributed by atoms with Crippen molar-refractivity contribution in [2.24, 2.45) is 5.41 Å². The third-order valence-corrected chi connectivity index (χ3v) is 3.02. The number of nitrogens with zero attached hydrogens (tertiary/aromatic N) is 2. The summed E-state index contributed by atoms with van der Waals surface area (Å²) < 4.78 is 4.48. The monoisotopic (exact) mass is 224 g/mol. The Morgan fingerprint density at radius 3 is 2.44 bits per heavy atom. The van der Waals surface area contributed by atoms with Crippen LogP contribution in [0.2, 0.25) is 0 Å².